The molecule has 2 atom stereocenters. The lowest BCUT2D eigenvalue weighted by Crippen LogP contribution is -2.13. The number of nitriles is 1. The van der Waals surface area contributed by atoms with E-state index < -0.39 is 0 Å². The van der Waals surface area contributed by atoms with Crippen molar-refractivity contribution in [3.8, 4) is 6.07 Å². The van der Waals surface area contributed by atoms with Gasteiger partial charge in [0, 0.05) is 17.1 Å². The number of rotatable bonds is 1. The third-order valence-corrected chi connectivity index (χ3v) is 3.06. The summed E-state index contributed by atoms with van der Waals surface area (Å²) >= 11 is 3.45. The zero-order valence-corrected chi connectivity index (χ0v) is 9.29. The van der Waals surface area contributed by atoms with Crippen LogP contribution >= 0.6 is 15.9 Å². The first-order chi connectivity index (χ1) is 6.79. The van der Waals surface area contributed by atoms with Gasteiger partial charge in [-0.1, -0.05) is 28.1 Å². The molecule has 1 saturated heterocycles. The molecule has 2 rings (SSSR count). The molecule has 0 amide bonds. The van der Waals surface area contributed by atoms with Gasteiger partial charge in [-0.25, -0.2) is 0 Å². The largest absolute Gasteiger partial charge is 0.309 e. The lowest BCUT2D eigenvalue weighted by atomic mass is 10.0. The molecule has 1 aromatic rings. The molecule has 3 heteroatoms. The Labute approximate surface area is 92.1 Å². The van der Waals surface area contributed by atoms with E-state index in [0.717, 1.165) is 17.4 Å². The Bertz CT molecular complexity index is 370. The molecule has 0 aliphatic carbocycles. The van der Waals surface area contributed by atoms with Gasteiger partial charge >= 0.3 is 0 Å². The Balaban J connectivity index is 2.14. The van der Waals surface area contributed by atoms with Crippen LogP contribution in [0.25, 0.3) is 0 Å². The molecular weight excluding hydrogens is 240 g/mol. The highest BCUT2D eigenvalue weighted by atomic mass is 79.9. The maximum Gasteiger partial charge on any atom is 0.0669 e. The van der Waals surface area contributed by atoms with E-state index in [4.69, 9.17) is 5.26 Å². The minimum Gasteiger partial charge on any atom is -0.309 e. The molecule has 0 spiro atoms. The number of hydrogen-bond donors (Lipinski definition) is 1. The van der Waals surface area contributed by atoms with Crippen molar-refractivity contribution in [1.82, 2.24) is 5.32 Å². The molecule has 1 fully saturated rings. The molecule has 0 bridgehead atoms. The minimum absolute atomic E-state index is 0.166. The SMILES string of the molecule is N#CC1CNC(c2cccc(Br)c2)C1. The van der Waals surface area contributed by atoms with Crippen molar-refractivity contribution in [2.75, 3.05) is 6.54 Å². The number of nitrogens with one attached hydrogen (secondary N) is 1. The van der Waals surface area contributed by atoms with E-state index in [-0.39, 0.29) is 5.92 Å². The van der Waals surface area contributed by atoms with Gasteiger partial charge in [0.25, 0.3) is 0 Å². The third-order valence-electron chi connectivity index (χ3n) is 2.56. The van der Waals surface area contributed by atoms with Crippen molar-refractivity contribution < 1.29 is 0 Å². The summed E-state index contributed by atoms with van der Waals surface area (Å²) in [6, 6.07) is 10.9. The Morgan fingerprint density at radius 2 is 2.36 bits per heavy atom. The topological polar surface area (TPSA) is 35.8 Å². The fourth-order valence-corrected chi connectivity index (χ4v) is 2.23. The summed E-state index contributed by atoms with van der Waals surface area (Å²) in [6.45, 7) is 0.813. The highest BCUT2D eigenvalue weighted by Gasteiger charge is 2.24. The van der Waals surface area contributed by atoms with E-state index in [9.17, 15) is 0 Å². The summed E-state index contributed by atoms with van der Waals surface area (Å²) in [5.74, 6) is 0.166. The van der Waals surface area contributed by atoms with Gasteiger partial charge in [-0.2, -0.15) is 5.26 Å². The first-order valence-electron chi connectivity index (χ1n) is 4.68. The average Bonchev–Trinajstić information content (AvgIpc) is 2.66. The molecule has 14 heavy (non-hydrogen) atoms. The smallest absolute Gasteiger partial charge is 0.0669 e. The van der Waals surface area contributed by atoms with Crippen LogP contribution in [0.4, 0.5) is 0 Å². The first kappa shape index (κ1) is 9.70. The second-order valence-corrected chi connectivity index (χ2v) is 4.49. The van der Waals surface area contributed by atoms with Crippen molar-refractivity contribution in [2.24, 2.45) is 5.92 Å². The van der Waals surface area contributed by atoms with Gasteiger partial charge in [0.15, 0.2) is 0 Å². The molecule has 2 nitrogen and oxygen atoms in total. The van der Waals surface area contributed by atoms with E-state index in [1.807, 2.05) is 12.1 Å². The molecule has 1 heterocycles. The summed E-state index contributed by atoms with van der Waals surface area (Å²) in [6.07, 6.45) is 0.924. The van der Waals surface area contributed by atoms with Crippen molar-refractivity contribution in [1.29, 1.82) is 5.26 Å². The Morgan fingerprint density at radius 1 is 1.50 bits per heavy atom. The maximum atomic E-state index is 8.79. The molecule has 72 valence electrons. The Morgan fingerprint density at radius 3 is 3.00 bits per heavy atom. The van der Waals surface area contributed by atoms with Gasteiger partial charge in [-0.05, 0) is 24.1 Å². The van der Waals surface area contributed by atoms with Crippen LogP contribution in [-0.2, 0) is 0 Å². The van der Waals surface area contributed by atoms with Crippen LogP contribution in [0.5, 0.6) is 0 Å². The molecule has 1 N–H and O–H groups in total. The van der Waals surface area contributed by atoms with Crippen LogP contribution in [0.1, 0.15) is 18.0 Å². The zero-order chi connectivity index (χ0) is 9.97. The highest BCUT2D eigenvalue weighted by Crippen LogP contribution is 2.28. The minimum atomic E-state index is 0.166. The van der Waals surface area contributed by atoms with Crippen LogP contribution in [0.15, 0.2) is 28.7 Å². The Hall–Kier alpha value is -0.850. The van der Waals surface area contributed by atoms with Crippen molar-refractivity contribution >= 4 is 15.9 Å². The standard InChI is InChI=1S/C11H11BrN2/c12-10-3-1-2-9(5-10)11-4-8(6-13)7-14-11/h1-3,5,8,11,14H,4,7H2. The molecule has 0 radical (unpaired) electrons. The van der Waals surface area contributed by atoms with Crippen molar-refractivity contribution in [3.63, 3.8) is 0 Å². The molecule has 1 aliphatic rings. The molecule has 0 aromatic heterocycles. The monoisotopic (exact) mass is 250 g/mol. The van der Waals surface area contributed by atoms with E-state index in [1.165, 1.54) is 5.56 Å². The van der Waals surface area contributed by atoms with Gasteiger partial charge in [0.05, 0.1) is 12.0 Å². The van der Waals surface area contributed by atoms with Gasteiger partial charge < -0.3 is 5.32 Å². The number of benzene rings is 1. The summed E-state index contributed by atoms with van der Waals surface area (Å²) in [4.78, 5) is 0. The van der Waals surface area contributed by atoms with Crippen LogP contribution in [0.2, 0.25) is 0 Å². The van der Waals surface area contributed by atoms with Crippen LogP contribution < -0.4 is 5.32 Å². The Kier molecular flexibility index (Phi) is 2.85. The lowest BCUT2D eigenvalue weighted by Gasteiger charge is -2.10. The second-order valence-electron chi connectivity index (χ2n) is 3.58. The number of halogens is 1. The third kappa shape index (κ3) is 1.97. The quantitative estimate of drug-likeness (QED) is 0.832. The van der Waals surface area contributed by atoms with E-state index >= 15 is 0 Å². The van der Waals surface area contributed by atoms with Crippen molar-refractivity contribution in [3.05, 3.63) is 34.3 Å². The summed E-state index contributed by atoms with van der Waals surface area (Å²) in [7, 11) is 0. The lowest BCUT2D eigenvalue weighted by molar-refractivity contribution is 0.639. The number of hydrogen-bond acceptors (Lipinski definition) is 2. The van der Waals surface area contributed by atoms with Crippen LogP contribution in [-0.4, -0.2) is 6.54 Å². The van der Waals surface area contributed by atoms with Gasteiger partial charge in [-0.3, -0.25) is 0 Å². The van der Waals surface area contributed by atoms with Crippen LogP contribution in [0, 0.1) is 17.2 Å². The van der Waals surface area contributed by atoms with E-state index in [1.54, 1.807) is 0 Å². The predicted octanol–water partition coefficient (Wildman–Crippen LogP) is 2.62. The summed E-state index contributed by atoms with van der Waals surface area (Å²) < 4.78 is 1.09. The van der Waals surface area contributed by atoms with Gasteiger partial charge in [-0.15, -0.1) is 0 Å². The number of nitrogens with zero attached hydrogens (tertiary/aromatic N) is 1. The van der Waals surface area contributed by atoms with E-state index in [2.05, 4.69) is 39.4 Å². The van der Waals surface area contributed by atoms with E-state index in [0.29, 0.717) is 6.04 Å². The highest BCUT2D eigenvalue weighted by molar-refractivity contribution is 9.10. The average molecular weight is 251 g/mol. The summed E-state index contributed by atoms with van der Waals surface area (Å²) in [5, 5.41) is 12.1. The fraction of sp³-hybridized carbons (Fsp3) is 0.364. The molecule has 0 saturated carbocycles. The van der Waals surface area contributed by atoms with Gasteiger partial charge in [0.2, 0.25) is 0 Å². The predicted molar refractivity (Wildman–Crippen MR) is 58.6 cm³/mol. The second kappa shape index (κ2) is 4.12. The zero-order valence-electron chi connectivity index (χ0n) is 7.70. The molecule has 1 aliphatic heterocycles. The van der Waals surface area contributed by atoms with Crippen LogP contribution in [0.3, 0.4) is 0 Å². The summed E-state index contributed by atoms with van der Waals surface area (Å²) in [5.41, 5.74) is 1.26. The maximum absolute atomic E-state index is 8.79. The molecule has 2 unspecified atom stereocenters. The first-order valence-corrected chi connectivity index (χ1v) is 5.47. The van der Waals surface area contributed by atoms with Crippen molar-refractivity contribution in [2.45, 2.75) is 12.5 Å². The molecule has 1 aromatic carbocycles. The van der Waals surface area contributed by atoms with Gasteiger partial charge in [0.1, 0.15) is 0 Å². The molecular formula is C11H11BrN2. The normalized spacial score (nSPS) is 26.0. The fourth-order valence-electron chi connectivity index (χ4n) is 1.81.